The highest BCUT2D eigenvalue weighted by molar-refractivity contribution is 9.10. The van der Waals surface area contributed by atoms with Crippen LogP contribution in [0.1, 0.15) is 27.0 Å². The van der Waals surface area contributed by atoms with Crippen LogP contribution in [0.5, 0.6) is 0 Å². The monoisotopic (exact) mass is 354 g/mol. The van der Waals surface area contributed by atoms with Crippen LogP contribution >= 0.6 is 27.5 Å². The molecule has 0 aromatic heterocycles. The molecular weight excluding hydrogens is 343 g/mol. The van der Waals surface area contributed by atoms with Crippen LogP contribution in [0.15, 0.2) is 34.8 Å². The molecule has 2 aromatic carbocycles. The molecule has 4 heteroatoms. The number of hydrogen-bond donors (Lipinski definition) is 0. The third-order valence-electron chi connectivity index (χ3n) is 3.21. The second-order valence-corrected chi connectivity index (χ2v) is 5.98. The summed E-state index contributed by atoms with van der Waals surface area (Å²) in [6.07, 6.45) is -0.0343. The van der Waals surface area contributed by atoms with Crippen molar-refractivity contribution in [3.8, 4) is 0 Å². The summed E-state index contributed by atoms with van der Waals surface area (Å²) in [5, 5.41) is 0.282. The molecule has 20 heavy (non-hydrogen) atoms. The summed E-state index contributed by atoms with van der Waals surface area (Å²) in [5.74, 6) is -0.581. The van der Waals surface area contributed by atoms with E-state index < -0.39 is 5.82 Å². The van der Waals surface area contributed by atoms with Crippen molar-refractivity contribution < 1.29 is 9.18 Å². The van der Waals surface area contributed by atoms with Crippen molar-refractivity contribution in [1.82, 2.24) is 0 Å². The van der Waals surface area contributed by atoms with Crippen molar-refractivity contribution in [3.63, 3.8) is 0 Å². The molecule has 2 rings (SSSR count). The summed E-state index contributed by atoms with van der Waals surface area (Å²) >= 11 is 9.38. The summed E-state index contributed by atoms with van der Waals surface area (Å²) < 4.78 is 14.7. The van der Waals surface area contributed by atoms with E-state index in [1.807, 2.05) is 26.0 Å². The molecule has 0 radical (unpaired) electrons. The summed E-state index contributed by atoms with van der Waals surface area (Å²) in [4.78, 5) is 12.4. The molecule has 0 spiro atoms. The molecule has 0 saturated heterocycles. The zero-order valence-corrected chi connectivity index (χ0v) is 13.5. The van der Waals surface area contributed by atoms with Crippen LogP contribution in [0.2, 0.25) is 5.02 Å². The Bertz CT molecular complexity index is 662. The van der Waals surface area contributed by atoms with Crippen LogP contribution in [-0.4, -0.2) is 5.78 Å². The van der Waals surface area contributed by atoms with Gasteiger partial charge in [0.1, 0.15) is 5.82 Å². The molecule has 0 unspecified atom stereocenters. The molecule has 0 N–H and O–H groups in total. The van der Waals surface area contributed by atoms with Gasteiger partial charge in [0.2, 0.25) is 0 Å². The summed E-state index contributed by atoms with van der Waals surface area (Å²) in [7, 11) is 0. The van der Waals surface area contributed by atoms with Gasteiger partial charge in [0.15, 0.2) is 5.78 Å². The normalized spacial score (nSPS) is 10.7. The van der Waals surface area contributed by atoms with Gasteiger partial charge in [-0.05, 0) is 49.2 Å². The third kappa shape index (κ3) is 3.10. The van der Waals surface area contributed by atoms with Crippen LogP contribution in [0.3, 0.4) is 0 Å². The number of benzene rings is 2. The number of aryl methyl sites for hydroxylation is 2. The molecule has 0 aliphatic heterocycles. The maximum atomic E-state index is 13.7. The Balaban J connectivity index is 2.36. The van der Waals surface area contributed by atoms with E-state index in [-0.39, 0.29) is 22.8 Å². The number of Topliss-reactive ketones (excluding diaryl/α,β-unsaturated/α-hetero) is 1. The minimum absolute atomic E-state index is 0.0343. The molecule has 0 heterocycles. The van der Waals surface area contributed by atoms with E-state index in [0.29, 0.717) is 5.56 Å². The molecule has 1 nitrogen and oxygen atoms in total. The Kier molecular flexibility index (Phi) is 4.61. The third-order valence-corrected chi connectivity index (χ3v) is 4.41. The second-order valence-electron chi connectivity index (χ2n) is 4.72. The highest BCUT2D eigenvalue weighted by Crippen LogP contribution is 2.25. The van der Waals surface area contributed by atoms with E-state index >= 15 is 0 Å². The molecule has 0 fully saturated rings. The largest absolute Gasteiger partial charge is 0.294 e. The van der Waals surface area contributed by atoms with Gasteiger partial charge >= 0.3 is 0 Å². The van der Waals surface area contributed by atoms with Crippen LogP contribution in [-0.2, 0) is 6.42 Å². The fourth-order valence-electron chi connectivity index (χ4n) is 2.04. The van der Waals surface area contributed by atoms with Crippen molar-refractivity contribution in [3.05, 3.63) is 67.9 Å². The van der Waals surface area contributed by atoms with E-state index in [2.05, 4.69) is 15.9 Å². The molecule has 0 bridgehead atoms. The Morgan fingerprint density at radius 3 is 2.60 bits per heavy atom. The molecule has 2 aromatic rings. The lowest BCUT2D eigenvalue weighted by Crippen LogP contribution is -2.08. The first-order valence-corrected chi connectivity index (χ1v) is 7.30. The van der Waals surface area contributed by atoms with E-state index in [4.69, 9.17) is 11.6 Å². The molecular formula is C16H13BrClFO. The number of ketones is 1. The molecule has 0 atom stereocenters. The number of carbonyl (C=O) groups excluding carboxylic acids is 1. The SMILES string of the molecule is Cc1cc(C(=O)Cc2c(F)cccc2Cl)c(C)cc1Br. The topological polar surface area (TPSA) is 17.1 Å². The predicted octanol–water partition coefficient (Wildman–Crippen LogP) is 5.28. The lowest BCUT2D eigenvalue weighted by molar-refractivity contribution is 0.0991. The maximum Gasteiger partial charge on any atom is 0.167 e. The van der Waals surface area contributed by atoms with Gasteiger partial charge in [-0.1, -0.05) is 33.6 Å². The number of halogens is 3. The van der Waals surface area contributed by atoms with Gasteiger partial charge in [-0.25, -0.2) is 4.39 Å². The van der Waals surface area contributed by atoms with Gasteiger partial charge in [0, 0.05) is 27.0 Å². The van der Waals surface area contributed by atoms with Gasteiger partial charge in [-0.3, -0.25) is 4.79 Å². The van der Waals surface area contributed by atoms with Crippen LogP contribution in [0.25, 0.3) is 0 Å². The molecule has 0 amide bonds. The van der Waals surface area contributed by atoms with E-state index in [9.17, 15) is 9.18 Å². The molecule has 0 aliphatic rings. The zero-order chi connectivity index (χ0) is 14.9. The van der Waals surface area contributed by atoms with Crippen molar-refractivity contribution in [2.45, 2.75) is 20.3 Å². The number of hydrogen-bond acceptors (Lipinski definition) is 1. The standard InChI is InChI=1S/C16H13BrClFO/c1-9-7-13(17)10(2)6-11(9)16(20)8-12-14(18)4-3-5-15(12)19/h3-7H,8H2,1-2H3. The van der Waals surface area contributed by atoms with Gasteiger partial charge in [0.25, 0.3) is 0 Å². The number of carbonyl (C=O) groups is 1. The van der Waals surface area contributed by atoms with Crippen LogP contribution < -0.4 is 0 Å². The fraction of sp³-hybridized carbons (Fsp3) is 0.188. The lowest BCUT2D eigenvalue weighted by atomic mass is 9.97. The summed E-state index contributed by atoms with van der Waals surface area (Å²) in [5.41, 5.74) is 2.68. The first-order chi connectivity index (χ1) is 9.40. The minimum atomic E-state index is -0.447. The highest BCUT2D eigenvalue weighted by Gasteiger charge is 2.16. The average Bonchev–Trinajstić information content (AvgIpc) is 2.38. The Morgan fingerprint density at radius 1 is 1.25 bits per heavy atom. The molecule has 104 valence electrons. The van der Waals surface area contributed by atoms with E-state index in [0.717, 1.165) is 15.6 Å². The van der Waals surface area contributed by atoms with Gasteiger partial charge < -0.3 is 0 Å². The summed E-state index contributed by atoms with van der Waals surface area (Å²) in [6, 6.07) is 8.14. The lowest BCUT2D eigenvalue weighted by Gasteiger charge is -2.09. The predicted molar refractivity (Wildman–Crippen MR) is 83.1 cm³/mol. The number of rotatable bonds is 3. The first-order valence-electron chi connectivity index (χ1n) is 6.13. The maximum absolute atomic E-state index is 13.7. The van der Waals surface area contributed by atoms with E-state index in [1.54, 1.807) is 6.07 Å². The Morgan fingerprint density at radius 2 is 1.95 bits per heavy atom. The zero-order valence-electron chi connectivity index (χ0n) is 11.1. The Labute approximate surface area is 130 Å². The minimum Gasteiger partial charge on any atom is -0.294 e. The molecule has 0 aliphatic carbocycles. The van der Waals surface area contributed by atoms with Crippen molar-refractivity contribution >= 4 is 33.3 Å². The Hall–Kier alpha value is -1.19. The van der Waals surface area contributed by atoms with Gasteiger partial charge in [-0.2, -0.15) is 0 Å². The van der Waals surface area contributed by atoms with E-state index in [1.165, 1.54) is 12.1 Å². The van der Waals surface area contributed by atoms with Crippen molar-refractivity contribution in [2.75, 3.05) is 0 Å². The summed E-state index contributed by atoms with van der Waals surface area (Å²) in [6.45, 7) is 3.77. The highest BCUT2D eigenvalue weighted by atomic mass is 79.9. The molecule has 0 saturated carbocycles. The van der Waals surface area contributed by atoms with Gasteiger partial charge in [-0.15, -0.1) is 0 Å². The smallest absolute Gasteiger partial charge is 0.167 e. The van der Waals surface area contributed by atoms with Crippen LogP contribution in [0, 0.1) is 19.7 Å². The van der Waals surface area contributed by atoms with Gasteiger partial charge in [0.05, 0.1) is 0 Å². The van der Waals surface area contributed by atoms with Crippen molar-refractivity contribution in [2.24, 2.45) is 0 Å². The fourth-order valence-corrected chi connectivity index (χ4v) is 2.73. The average molecular weight is 356 g/mol. The van der Waals surface area contributed by atoms with Crippen LogP contribution in [0.4, 0.5) is 4.39 Å². The quantitative estimate of drug-likeness (QED) is 0.684. The first kappa shape index (κ1) is 15.2. The van der Waals surface area contributed by atoms with Crippen molar-refractivity contribution in [1.29, 1.82) is 0 Å². The second kappa shape index (κ2) is 6.06.